The molecule has 4 atom stereocenters. The topological polar surface area (TPSA) is 119 Å². The lowest BCUT2D eigenvalue weighted by atomic mass is 9.75. The summed E-state index contributed by atoms with van der Waals surface area (Å²) in [7, 11) is 0. The lowest BCUT2D eigenvalue weighted by Crippen LogP contribution is -2.51. The molecule has 4 aliphatic heterocycles. The zero-order valence-electron chi connectivity index (χ0n) is 21.5. The quantitative estimate of drug-likeness (QED) is 0.220. The van der Waals surface area contributed by atoms with E-state index in [-0.39, 0.29) is 28.9 Å². The molecule has 3 aromatic carbocycles. The van der Waals surface area contributed by atoms with E-state index in [1.165, 1.54) is 12.1 Å². The van der Waals surface area contributed by atoms with E-state index < -0.39 is 28.2 Å². The maximum atomic E-state index is 14.6. The number of hydrogen-bond donors (Lipinski definition) is 0. The number of benzene rings is 3. The van der Waals surface area contributed by atoms with Gasteiger partial charge in [0.2, 0.25) is 11.8 Å². The average molecular weight is 534 g/mol. The number of carbonyl (C=O) groups excluding carboxylic acids is 2. The molecule has 0 radical (unpaired) electrons. The van der Waals surface area contributed by atoms with Gasteiger partial charge in [0, 0.05) is 23.7 Å². The van der Waals surface area contributed by atoms with Crippen LogP contribution in [0.3, 0.4) is 0 Å². The molecular formula is C30H23N5O5. The SMILES string of the molecule is Cc1ccc([N+](=O)[O-])cc1N1C(=O)[C@@H]2[C@@H]3CCCN3[C@]3(c4ccccc4-n4c3nc3ccccc3c4=O)[C@H]2C1=O. The summed E-state index contributed by atoms with van der Waals surface area (Å²) >= 11 is 0. The van der Waals surface area contributed by atoms with Crippen LogP contribution in [0.15, 0.2) is 71.5 Å². The zero-order valence-corrected chi connectivity index (χ0v) is 21.5. The van der Waals surface area contributed by atoms with Crippen molar-refractivity contribution in [3.63, 3.8) is 0 Å². The molecule has 0 unspecified atom stereocenters. The Morgan fingerprint density at radius 3 is 2.58 bits per heavy atom. The van der Waals surface area contributed by atoms with Gasteiger partial charge in [-0.1, -0.05) is 36.4 Å². The van der Waals surface area contributed by atoms with Gasteiger partial charge in [-0.05, 0) is 50.1 Å². The third-order valence-electron chi connectivity index (χ3n) is 9.28. The third-order valence-corrected chi connectivity index (χ3v) is 9.28. The smallest absolute Gasteiger partial charge is 0.271 e. The van der Waals surface area contributed by atoms with Crippen molar-refractivity contribution in [3.8, 4) is 5.69 Å². The molecule has 4 aromatic rings. The fourth-order valence-corrected chi connectivity index (χ4v) is 7.80. The number of aryl methyl sites for hydroxylation is 1. The molecule has 198 valence electrons. The Balaban J connectivity index is 1.43. The van der Waals surface area contributed by atoms with Crippen molar-refractivity contribution in [2.24, 2.45) is 11.8 Å². The molecule has 3 fully saturated rings. The second-order valence-corrected chi connectivity index (χ2v) is 11.0. The number of carbonyl (C=O) groups is 2. The van der Waals surface area contributed by atoms with E-state index in [9.17, 15) is 24.5 Å². The summed E-state index contributed by atoms with van der Waals surface area (Å²) in [4.78, 5) is 62.3. The first-order valence-corrected chi connectivity index (χ1v) is 13.4. The number of para-hydroxylation sites is 2. The summed E-state index contributed by atoms with van der Waals surface area (Å²) < 4.78 is 1.62. The number of nitro benzene ring substituents is 1. The summed E-state index contributed by atoms with van der Waals surface area (Å²) in [6, 6.07) is 18.7. The van der Waals surface area contributed by atoms with Gasteiger partial charge < -0.3 is 0 Å². The van der Waals surface area contributed by atoms with Crippen LogP contribution in [0.5, 0.6) is 0 Å². The Bertz CT molecular complexity index is 1900. The Morgan fingerprint density at radius 1 is 0.975 bits per heavy atom. The molecule has 0 N–H and O–H groups in total. The van der Waals surface area contributed by atoms with Gasteiger partial charge in [0.05, 0.1) is 39.0 Å². The second-order valence-electron chi connectivity index (χ2n) is 11.0. The number of aromatic nitrogens is 2. The molecule has 1 spiro atoms. The first kappa shape index (κ1) is 23.2. The summed E-state index contributed by atoms with van der Waals surface area (Å²) in [6.07, 6.45) is 1.57. The van der Waals surface area contributed by atoms with Crippen molar-refractivity contribution in [2.45, 2.75) is 31.3 Å². The summed E-state index contributed by atoms with van der Waals surface area (Å²) in [5, 5.41) is 12.1. The Morgan fingerprint density at radius 2 is 1.75 bits per heavy atom. The van der Waals surface area contributed by atoms with Gasteiger partial charge in [0.25, 0.3) is 11.2 Å². The van der Waals surface area contributed by atoms with Gasteiger partial charge in [-0.15, -0.1) is 0 Å². The van der Waals surface area contributed by atoms with Crippen LogP contribution in [0.1, 0.15) is 29.8 Å². The van der Waals surface area contributed by atoms with Crippen molar-refractivity contribution in [3.05, 3.63) is 104 Å². The highest BCUT2D eigenvalue weighted by molar-refractivity contribution is 6.23. The highest BCUT2D eigenvalue weighted by Gasteiger charge is 2.73. The number of rotatable bonds is 2. The van der Waals surface area contributed by atoms with Crippen molar-refractivity contribution < 1.29 is 14.5 Å². The number of amides is 2. The zero-order chi connectivity index (χ0) is 27.5. The first-order chi connectivity index (χ1) is 19.4. The van der Waals surface area contributed by atoms with Crippen molar-refractivity contribution in [1.29, 1.82) is 0 Å². The van der Waals surface area contributed by atoms with Gasteiger partial charge in [-0.3, -0.25) is 34.0 Å². The van der Waals surface area contributed by atoms with Gasteiger partial charge >= 0.3 is 0 Å². The molecule has 2 amide bonds. The molecule has 0 aliphatic carbocycles. The molecule has 10 nitrogen and oxygen atoms in total. The molecule has 1 aromatic heterocycles. The Labute approximate surface area is 227 Å². The lowest BCUT2D eigenvalue weighted by Gasteiger charge is -2.38. The van der Waals surface area contributed by atoms with Gasteiger partial charge in [-0.25, -0.2) is 9.88 Å². The minimum absolute atomic E-state index is 0.188. The van der Waals surface area contributed by atoms with Crippen molar-refractivity contribution in [1.82, 2.24) is 14.5 Å². The molecule has 3 saturated heterocycles. The van der Waals surface area contributed by atoms with Gasteiger partial charge in [0.1, 0.15) is 11.4 Å². The van der Waals surface area contributed by atoms with E-state index >= 15 is 0 Å². The summed E-state index contributed by atoms with van der Waals surface area (Å²) in [6.45, 7) is 2.39. The standard InChI is InChI=1S/C30H23N5O5/c1-16-12-13-17(35(39)40)15-23(16)33-27(37)24-22-11-6-14-32(22)30(25(24)28(33)38)19-8-3-5-10-21(19)34-26(36)18-7-2-4-9-20(18)31-29(30)34/h2-5,7-10,12-13,15,22,24-25H,6,11,14H2,1H3/t22-,24+,25+,30+/m0/s1. The van der Waals surface area contributed by atoms with E-state index in [4.69, 9.17) is 4.98 Å². The fraction of sp³-hybridized carbons (Fsp3) is 0.267. The number of fused-ring (bicyclic) bond motifs is 11. The van der Waals surface area contributed by atoms with Crippen LogP contribution in [-0.4, -0.2) is 43.8 Å². The molecule has 10 heteroatoms. The molecule has 8 rings (SSSR count). The van der Waals surface area contributed by atoms with Gasteiger partial charge in [0.15, 0.2) is 0 Å². The predicted molar refractivity (Wildman–Crippen MR) is 145 cm³/mol. The van der Waals surface area contributed by atoms with E-state index in [1.54, 1.807) is 35.8 Å². The molecular weight excluding hydrogens is 510 g/mol. The normalized spacial score (nSPS) is 26.4. The van der Waals surface area contributed by atoms with E-state index in [2.05, 4.69) is 4.90 Å². The third kappa shape index (κ3) is 2.57. The highest BCUT2D eigenvalue weighted by atomic mass is 16.6. The van der Waals surface area contributed by atoms with Crippen LogP contribution in [0.2, 0.25) is 0 Å². The van der Waals surface area contributed by atoms with Crippen molar-refractivity contribution in [2.75, 3.05) is 11.4 Å². The lowest BCUT2D eigenvalue weighted by molar-refractivity contribution is -0.384. The van der Waals surface area contributed by atoms with E-state index in [1.807, 2.05) is 30.3 Å². The summed E-state index contributed by atoms with van der Waals surface area (Å²) in [5.41, 5.74) is 1.28. The largest absolute Gasteiger partial charge is 0.283 e. The van der Waals surface area contributed by atoms with E-state index in [0.717, 1.165) is 23.3 Å². The predicted octanol–water partition coefficient (Wildman–Crippen LogP) is 3.44. The number of anilines is 1. The Hall–Kier alpha value is -4.70. The Kier molecular flexibility index (Phi) is 4.47. The van der Waals surface area contributed by atoms with Gasteiger partial charge in [-0.2, -0.15) is 0 Å². The maximum Gasteiger partial charge on any atom is 0.271 e. The maximum absolute atomic E-state index is 14.6. The van der Waals surface area contributed by atoms with E-state index in [0.29, 0.717) is 34.5 Å². The number of hydrogen-bond acceptors (Lipinski definition) is 7. The number of imide groups is 1. The average Bonchev–Trinajstić information content (AvgIpc) is 3.67. The minimum atomic E-state index is -1.12. The van der Waals surface area contributed by atoms with Crippen LogP contribution in [-0.2, 0) is 15.1 Å². The molecule has 0 saturated carbocycles. The van der Waals surface area contributed by atoms with Crippen LogP contribution in [0.4, 0.5) is 11.4 Å². The number of nitrogens with zero attached hydrogens (tertiary/aromatic N) is 5. The van der Waals surface area contributed by atoms with Crippen molar-refractivity contribution >= 4 is 34.1 Å². The second kappa shape index (κ2) is 7.70. The van der Waals surface area contributed by atoms with Crippen LogP contribution < -0.4 is 10.5 Å². The van der Waals surface area contributed by atoms with Crippen LogP contribution in [0.25, 0.3) is 16.6 Å². The molecule has 40 heavy (non-hydrogen) atoms. The van der Waals surface area contributed by atoms with Crippen LogP contribution in [0, 0.1) is 28.9 Å². The summed E-state index contributed by atoms with van der Waals surface area (Å²) in [5.74, 6) is -1.83. The molecule has 5 heterocycles. The van der Waals surface area contributed by atoms with Crippen LogP contribution >= 0.6 is 0 Å². The monoisotopic (exact) mass is 533 g/mol. The number of non-ortho nitro benzene ring substituents is 1. The molecule has 4 aliphatic rings. The highest BCUT2D eigenvalue weighted by Crippen LogP contribution is 2.62. The molecule has 0 bridgehead atoms. The number of nitro groups is 1. The fourth-order valence-electron chi connectivity index (χ4n) is 7.80. The first-order valence-electron chi connectivity index (χ1n) is 13.4. The minimum Gasteiger partial charge on any atom is -0.283 e.